The number of benzene rings is 1. The minimum atomic E-state index is 0.228. The lowest BCUT2D eigenvalue weighted by Gasteiger charge is -2.15. The van der Waals surface area contributed by atoms with Crippen LogP contribution < -0.4 is 10.1 Å². The smallest absolute Gasteiger partial charge is 0.290 e. The van der Waals surface area contributed by atoms with Crippen LogP contribution in [0.5, 0.6) is 11.7 Å². The van der Waals surface area contributed by atoms with Crippen molar-refractivity contribution in [1.29, 1.82) is 0 Å². The van der Waals surface area contributed by atoms with Crippen LogP contribution in [0.2, 0.25) is 0 Å². The predicted molar refractivity (Wildman–Crippen MR) is 87.3 cm³/mol. The lowest BCUT2D eigenvalue weighted by Crippen LogP contribution is -2.34. The third-order valence-corrected chi connectivity index (χ3v) is 4.01. The van der Waals surface area contributed by atoms with E-state index >= 15 is 0 Å². The molecule has 5 heteroatoms. The molecule has 122 valence electrons. The van der Waals surface area contributed by atoms with E-state index < -0.39 is 0 Å². The number of nitrogens with one attached hydrogen (secondary N) is 1. The summed E-state index contributed by atoms with van der Waals surface area (Å²) in [5.74, 6) is 2.30. The fourth-order valence-electron chi connectivity index (χ4n) is 2.73. The lowest BCUT2D eigenvalue weighted by atomic mass is 10.2. The highest BCUT2D eigenvalue weighted by molar-refractivity contribution is 5.76. The average molecular weight is 314 g/mol. The number of carbonyl (C=O) groups excluding carboxylic acids is 1. The van der Waals surface area contributed by atoms with E-state index in [2.05, 4.69) is 5.32 Å². The number of hydrogen-bond donors (Lipinski definition) is 1. The first kappa shape index (κ1) is 15.6. The summed E-state index contributed by atoms with van der Waals surface area (Å²) < 4.78 is 11.3. The van der Waals surface area contributed by atoms with Gasteiger partial charge < -0.3 is 19.4 Å². The summed E-state index contributed by atoms with van der Waals surface area (Å²) in [4.78, 5) is 13.6. The van der Waals surface area contributed by atoms with Crippen molar-refractivity contribution < 1.29 is 13.9 Å². The first-order chi connectivity index (χ1) is 11.2. The summed E-state index contributed by atoms with van der Waals surface area (Å²) in [5, 5.41) is 3.44. The van der Waals surface area contributed by atoms with Crippen LogP contribution in [0.3, 0.4) is 0 Å². The van der Waals surface area contributed by atoms with E-state index in [0.29, 0.717) is 25.0 Å². The minimum absolute atomic E-state index is 0.228. The number of ether oxygens (including phenoxy) is 1. The molecule has 0 radical (unpaired) electrons. The van der Waals surface area contributed by atoms with Gasteiger partial charge in [-0.3, -0.25) is 4.79 Å². The molecule has 1 saturated heterocycles. The van der Waals surface area contributed by atoms with E-state index in [4.69, 9.17) is 9.15 Å². The van der Waals surface area contributed by atoms with Gasteiger partial charge in [-0.1, -0.05) is 25.1 Å². The van der Waals surface area contributed by atoms with Crippen molar-refractivity contribution in [2.24, 2.45) is 0 Å². The molecule has 0 spiro atoms. The summed E-state index contributed by atoms with van der Waals surface area (Å²) in [6.07, 6.45) is 1.56. The number of carbonyl (C=O) groups is 1. The summed E-state index contributed by atoms with van der Waals surface area (Å²) in [5.41, 5.74) is 0. The molecule has 1 atom stereocenters. The van der Waals surface area contributed by atoms with Gasteiger partial charge in [0.25, 0.3) is 5.95 Å². The summed E-state index contributed by atoms with van der Waals surface area (Å²) >= 11 is 0. The highest BCUT2D eigenvalue weighted by Gasteiger charge is 2.24. The van der Waals surface area contributed by atoms with E-state index in [1.165, 1.54) is 0 Å². The Morgan fingerprint density at radius 1 is 1.30 bits per heavy atom. The summed E-state index contributed by atoms with van der Waals surface area (Å²) in [6, 6.07) is 13.6. The van der Waals surface area contributed by atoms with Gasteiger partial charge in [-0.15, -0.1) is 0 Å². The molecule has 0 saturated carbocycles. The van der Waals surface area contributed by atoms with Gasteiger partial charge >= 0.3 is 0 Å². The van der Waals surface area contributed by atoms with Crippen LogP contribution in [0, 0.1) is 0 Å². The molecule has 3 rings (SSSR count). The van der Waals surface area contributed by atoms with Crippen molar-refractivity contribution in [2.45, 2.75) is 32.4 Å². The topological polar surface area (TPSA) is 54.7 Å². The third-order valence-electron chi connectivity index (χ3n) is 4.01. The molecular formula is C18H22N2O3. The fourth-order valence-corrected chi connectivity index (χ4v) is 2.73. The van der Waals surface area contributed by atoms with Gasteiger partial charge in [0.05, 0.1) is 6.54 Å². The zero-order chi connectivity index (χ0) is 16.1. The minimum Gasteiger partial charge on any atom is -0.429 e. The summed E-state index contributed by atoms with van der Waals surface area (Å²) in [7, 11) is 0. The zero-order valence-electron chi connectivity index (χ0n) is 13.3. The number of amides is 1. The van der Waals surface area contributed by atoms with Crippen molar-refractivity contribution in [3.8, 4) is 11.7 Å². The van der Waals surface area contributed by atoms with E-state index in [1.807, 2.05) is 54.3 Å². The Labute approximate surface area is 136 Å². The highest BCUT2D eigenvalue weighted by atomic mass is 16.6. The Morgan fingerprint density at radius 2 is 2.13 bits per heavy atom. The maximum absolute atomic E-state index is 11.7. The van der Waals surface area contributed by atoms with E-state index in [0.717, 1.165) is 31.0 Å². The van der Waals surface area contributed by atoms with Crippen LogP contribution in [0.15, 0.2) is 46.9 Å². The molecule has 1 aromatic heterocycles. The van der Waals surface area contributed by atoms with Gasteiger partial charge in [-0.2, -0.15) is 0 Å². The molecule has 1 amide bonds. The van der Waals surface area contributed by atoms with Gasteiger partial charge in [0.15, 0.2) is 0 Å². The van der Waals surface area contributed by atoms with Crippen molar-refractivity contribution in [3.05, 3.63) is 48.2 Å². The third kappa shape index (κ3) is 4.13. The molecule has 0 aliphatic carbocycles. The number of furan rings is 1. The first-order valence-electron chi connectivity index (χ1n) is 8.07. The average Bonchev–Trinajstić information content (AvgIpc) is 3.22. The normalized spacial score (nSPS) is 17.4. The lowest BCUT2D eigenvalue weighted by molar-refractivity contribution is -0.129. The van der Waals surface area contributed by atoms with Crippen LogP contribution in [0.4, 0.5) is 0 Å². The molecule has 5 nitrogen and oxygen atoms in total. The number of nitrogens with zero attached hydrogens (tertiary/aromatic N) is 1. The Bertz CT molecular complexity index is 639. The molecule has 23 heavy (non-hydrogen) atoms. The van der Waals surface area contributed by atoms with Crippen LogP contribution >= 0.6 is 0 Å². The van der Waals surface area contributed by atoms with Crippen LogP contribution in [-0.2, 0) is 11.3 Å². The highest BCUT2D eigenvalue weighted by Crippen LogP contribution is 2.23. The summed E-state index contributed by atoms with van der Waals surface area (Å²) in [6.45, 7) is 4.16. The van der Waals surface area contributed by atoms with E-state index in [1.54, 1.807) is 0 Å². The van der Waals surface area contributed by atoms with Crippen molar-refractivity contribution in [1.82, 2.24) is 10.2 Å². The zero-order valence-corrected chi connectivity index (χ0v) is 13.3. The molecule has 1 fully saturated rings. The molecule has 0 bridgehead atoms. The standard InChI is InChI=1S/C18H22N2O3/c1-2-17(21)20-11-10-14(13-20)19-12-16-8-9-18(23-16)22-15-6-4-3-5-7-15/h3-9,14,19H,2,10-13H2,1H3/t14-/m1/s1. The fraction of sp³-hybridized carbons (Fsp3) is 0.389. The molecule has 1 aromatic carbocycles. The van der Waals surface area contributed by atoms with Crippen molar-refractivity contribution >= 4 is 5.91 Å². The molecule has 0 unspecified atom stereocenters. The molecular weight excluding hydrogens is 292 g/mol. The first-order valence-corrected chi connectivity index (χ1v) is 8.07. The Kier molecular flexibility index (Phi) is 4.98. The van der Waals surface area contributed by atoms with Gasteiger partial charge in [0, 0.05) is 31.6 Å². The monoisotopic (exact) mass is 314 g/mol. The van der Waals surface area contributed by atoms with Gasteiger partial charge in [-0.05, 0) is 24.6 Å². The number of hydrogen-bond acceptors (Lipinski definition) is 4. The van der Waals surface area contributed by atoms with Crippen molar-refractivity contribution in [2.75, 3.05) is 13.1 Å². The predicted octanol–water partition coefficient (Wildman–Crippen LogP) is 3.17. The van der Waals surface area contributed by atoms with E-state index in [-0.39, 0.29) is 5.91 Å². The second-order valence-corrected chi connectivity index (χ2v) is 5.70. The largest absolute Gasteiger partial charge is 0.429 e. The van der Waals surface area contributed by atoms with Crippen LogP contribution in [0.1, 0.15) is 25.5 Å². The Balaban J connectivity index is 1.47. The Hall–Kier alpha value is -2.27. The molecule has 2 aromatic rings. The van der Waals surface area contributed by atoms with Gasteiger partial charge in [0.1, 0.15) is 11.5 Å². The second-order valence-electron chi connectivity index (χ2n) is 5.70. The maximum atomic E-state index is 11.7. The number of likely N-dealkylation sites (tertiary alicyclic amines) is 1. The quantitative estimate of drug-likeness (QED) is 0.890. The SMILES string of the molecule is CCC(=O)N1CC[C@@H](NCc2ccc(Oc3ccccc3)o2)C1. The van der Waals surface area contributed by atoms with Crippen molar-refractivity contribution in [3.63, 3.8) is 0 Å². The number of rotatable bonds is 6. The number of para-hydroxylation sites is 1. The van der Waals surface area contributed by atoms with E-state index in [9.17, 15) is 4.79 Å². The van der Waals surface area contributed by atoms with Crippen LogP contribution in [0.25, 0.3) is 0 Å². The Morgan fingerprint density at radius 3 is 2.91 bits per heavy atom. The molecule has 1 N–H and O–H groups in total. The van der Waals surface area contributed by atoms with Crippen LogP contribution in [-0.4, -0.2) is 29.9 Å². The molecule has 2 heterocycles. The second kappa shape index (κ2) is 7.33. The molecule has 1 aliphatic heterocycles. The maximum Gasteiger partial charge on any atom is 0.290 e. The van der Waals surface area contributed by atoms with Gasteiger partial charge in [-0.25, -0.2) is 0 Å². The van der Waals surface area contributed by atoms with Gasteiger partial charge in [0.2, 0.25) is 5.91 Å². The molecule has 1 aliphatic rings.